The van der Waals surface area contributed by atoms with Crippen molar-refractivity contribution in [1.82, 2.24) is 43.5 Å². The molecule has 1 N–H and O–H groups in total. The number of para-hydroxylation sites is 4. The maximum Gasteiger partial charge on any atom is 2.00 e. The number of ether oxygens (including phenoxy) is 1. The summed E-state index contributed by atoms with van der Waals surface area (Å²) in [5.41, 5.74) is 6.84. The van der Waals surface area contributed by atoms with Crippen LogP contribution in [-0.4, -0.2) is 151 Å². The first kappa shape index (κ1) is 46.8. The average Bonchev–Trinajstić information content (AvgIpc) is 3.64. The Morgan fingerprint density at radius 1 is 0.694 bits per heavy atom. The number of carbonyl (C=O) groups excluding carboxylic acids is 1. The number of aromatic nitrogens is 7. The van der Waals surface area contributed by atoms with E-state index in [0.717, 1.165) is 126 Å². The van der Waals surface area contributed by atoms with E-state index < -0.39 is 5.60 Å². The zero-order valence-electron chi connectivity index (χ0n) is 36.6. The average molecular weight is 913 g/mol. The third-order valence-electron chi connectivity index (χ3n) is 11.5. The van der Waals surface area contributed by atoms with Gasteiger partial charge in [0.15, 0.2) is 11.3 Å². The number of halogens is 1. The van der Waals surface area contributed by atoms with Gasteiger partial charge in [0, 0.05) is 61.8 Å². The van der Waals surface area contributed by atoms with Crippen LogP contribution in [0.15, 0.2) is 79.0 Å². The van der Waals surface area contributed by atoms with Gasteiger partial charge < -0.3 is 53.9 Å². The molecule has 2 fully saturated rings. The number of carbonyl (C=O) groups is 1. The van der Waals surface area contributed by atoms with Gasteiger partial charge >= 0.3 is 29.0 Å². The minimum atomic E-state index is -0.995. The molecule has 2 aliphatic heterocycles. The Morgan fingerprint density at radius 2 is 1.27 bits per heavy atom. The van der Waals surface area contributed by atoms with Gasteiger partial charge in [0.1, 0.15) is 22.7 Å². The number of nitrogens with zero attached hydrogens (tertiary/aromatic N) is 11. The number of aliphatic hydroxyl groups is 1. The van der Waals surface area contributed by atoms with E-state index in [1.165, 1.54) is 0 Å². The van der Waals surface area contributed by atoms with Crippen LogP contribution in [-0.2, 0) is 10.3 Å². The molecule has 2 aromatic carbocycles. The van der Waals surface area contributed by atoms with Crippen LogP contribution in [0.25, 0.3) is 55.4 Å². The number of pyridine rings is 3. The largest absolute Gasteiger partial charge is 2.00 e. The SMILES string of the molecule is CCOC(=O)c1cc2cnc(N3CCCN(C)CC3)nc2n2c1nc1ccccc12.CN1CCCN(c2ccc3cc(C(C)(C)O)c4nc5ccccc5n4c3n2)CC1.[Br-].[CH3-].[Mg+2]. The van der Waals surface area contributed by atoms with Crippen LogP contribution in [0.4, 0.5) is 11.8 Å². The second-order valence-corrected chi connectivity index (χ2v) is 16.2. The van der Waals surface area contributed by atoms with Gasteiger partial charge in [-0.1, -0.05) is 24.3 Å². The third kappa shape index (κ3) is 9.04. The number of esters is 1. The zero-order valence-corrected chi connectivity index (χ0v) is 39.6. The maximum absolute atomic E-state index is 12.6. The molecule has 0 amide bonds. The molecule has 8 aromatic rings. The molecule has 6 aromatic heterocycles. The van der Waals surface area contributed by atoms with Crippen molar-refractivity contribution in [2.24, 2.45) is 0 Å². The summed E-state index contributed by atoms with van der Waals surface area (Å²) in [6.45, 7) is 13.7. The second kappa shape index (κ2) is 19.4. The molecule has 0 unspecified atom stereocenters. The number of benzene rings is 2. The fourth-order valence-electron chi connectivity index (χ4n) is 8.34. The molecule has 0 saturated carbocycles. The Morgan fingerprint density at radius 3 is 1.92 bits per heavy atom. The molecule has 2 saturated heterocycles. The predicted molar refractivity (Wildman–Crippen MR) is 246 cm³/mol. The van der Waals surface area contributed by atoms with Crippen LogP contribution < -0.4 is 26.8 Å². The predicted octanol–water partition coefficient (Wildman–Crippen LogP) is 3.23. The van der Waals surface area contributed by atoms with Gasteiger partial charge in [-0.15, -0.1) is 0 Å². The molecule has 62 heavy (non-hydrogen) atoms. The Balaban J connectivity index is 0.000000197. The summed E-state index contributed by atoms with van der Waals surface area (Å²) in [5, 5.41) is 12.6. The van der Waals surface area contributed by atoms with Crippen LogP contribution in [0.2, 0.25) is 0 Å². The summed E-state index contributed by atoms with van der Waals surface area (Å²) >= 11 is 0. The van der Waals surface area contributed by atoms with Crippen molar-refractivity contribution < 1.29 is 31.6 Å². The van der Waals surface area contributed by atoms with Gasteiger partial charge in [-0.05, 0) is 109 Å². The van der Waals surface area contributed by atoms with Gasteiger partial charge in [-0.2, -0.15) is 4.98 Å². The first-order chi connectivity index (χ1) is 28.6. The smallest absolute Gasteiger partial charge is 1.00 e. The number of fused-ring (bicyclic) bond motifs is 10. The minimum absolute atomic E-state index is 0. The number of hydrogen-bond donors (Lipinski definition) is 1. The van der Waals surface area contributed by atoms with Gasteiger partial charge in [-0.25, -0.2) is 24.7 Å². The van der Waals surface area contributed by atoms with Crippen LogP contribution in [0.5, 0.6) is 0 Å². The van der Waals surface area contributed by atoms with Crippen molar-refractivity contribution in [3.8, 4) is 0 Å². The summed E-state index contributed by atoms with van der Waals surface area (Å²) in [6.07, 6.45) is 4.00. The first-order valence-electron chi connectivity index (χ1n) is 20.6. The van der Waals surface area contributed by atoms with Crippen molar-refractivity contribution in [1.29, 1.82) is 0 Å². The molecule has 14 nitrogen and oxygen atoms in total. The number of hydrogen-bond acceptors (Lipinski definition) is 12. The van der Waals surface area contributed by atoms with E-state index in [1.54, 1.807) is 19.2 Å². The summed E-state index contributed by atoms with van der Waals surface area (Å²) in [7, 11) is 4.32. The van der Waals surface area contributed by atoms with Crippen molar-refractivity contribution in [3.63, 3.8) is 0 Å². The van der Waals surface area contributed by atoms with Crippen molar-refractivity contribution in [2.75, 3.05) is 82.9 Å². The molecule has 0 aliphatic carbocycles. The third-order valence-corrected chi connectivity index (χ3v) is 11.5. The Kier molecular flexibility index (Phi) is 14.6. The number of rotatable bonds is 5. The summed E-state index contributed by atoms with van der Waals surface area (Å²) in [5.74, 6) is 1.32. The standard InChI is InChI=1S/C23H27N5O.C22H24N6O2.CH3.BrH.Mg/c1-23(2,29)17-15-16-9-10-20(27-12-6-11-26(3)13-14-27)25-21(16)28-19-8-5-4-7-18(19)24-22(17)28;1-3-30-21(29)16-13-15-14-23-22(27-10-6-9-26(2)11-12-27)25-19(15)28-18-8-5-4-7-17(18)24-20(16)28;;;/h4-5,7-10,15,29H,6,11-14H2,1-3H3;4-5,7-8,13-14H,3,6,9-12H2,1-2H3;1H3;1H;/q;;-1;;+2/p-1. The van der Waals surface area contributed by atoms with E-state index in [1.807, 2.05) is 66.8 Å². The van der Waals surface area contributed by atoms with Gasteiger partial charge in [0.05, 0.1) is 34.3 Å². The summed E-state index contributed by atoms with van der Waals surface area (Å²) < 4.78 is 9.33. The van der Waals surface area contributed by atoms with E-state index in [0.29, 0.717) is 23.8 Å². The monoisotopic (exact) mass is 911 g/mol. The number of anilines is 2. The van der Waals surface area contributed by atoms with E-state index in [2.05, 4.69) is 61.3 Å². The Labute approximate surface area is 388 Å². The second-order valence-electron chi connectivity index (χ2n) is 16.2. The molecule has 8 heterocycles. The molecule has 320 valence electrons. The van der Waals surface area contributed by atoms with Crippen LogP contribution in [0.1, 0.15) is 49.5 Å². The van der Waals surface area contributed by atoms with E-state index in [9.17, 15) is 9.90 Å². The molecule has 0 radical (unpaired) electrons. The zero-order chi connectivity index (χ0) is 40.8. The normalized spacial score (nSPS) is 15.5. The molecule has 10 rings (SSSR count). The van der Waals surface area contributed by atoms with Gasteiger partial charge in [0.25, 0.3) is 0 Å². The molecule has 0 spiro atoms. The van der Waals surface area contributed by atoms with Crippen LogP contribution in [0.3, 0.4) is 0 Å². The molecule has 0 bridgehead atoms. The molecule has 16 heteroatoms. The van der Waals surface area contributed by atoms with Crippen molar-refractivity contribution >= 4 is 96.2 Å². The topological polar surface area (TPSA) is 133 Å². The quantitative estimate of drug-likeness (QED) is 0.155. The molecule has 0 atom stereocenters. The molecular formula is C46H54BrMgN11O3. The number of imidazole rings is 2. The summed E-state index contributed by atoms with van der Waals surface area (Å²) in [6, 6.07) is 24.0. The van der Waals surface area contributed by atoms with Crippen LogP contribution >= 0.6 is 0 Å². The molecule has 2 aliphatic rings. The van der Waals surface area contributed by atoms with Gasteiger partial charge in [-0.3, -0.25) is 8.80 Å². The van der Waals surface area contributed by atoms with Gasteiger partial charge in [0.2, 0.25) is 5.95 Å². The first-order valence-corrected chi connectivity index (χ1v) is 20.6. The van der Waals surface area contributed by atoms with Crippen molar-refractivity contribution in [3.05, 3.63) is 97.5 Å². The number of likely N-dealkylation sites (N-methyl/N-ethyl adjacent to an activating group) is 2. The van der Waals surface area contributed by atoms with Crippen LogP contribution in [0, 0.1) is 7.43 Å². The minimum Gasteiger partial charge on any atom is -1.00 e. The maximum atomic E-state index is 12.6. The Hall–Kier alpha value is -4.71. The molecular weight excluding hydrogens is 859 g/mol. The fourth-order valence-corrected chi connectivity index (χ4v) is 8.34. The van der Waals surface area contributed by atoms with E-state index in [-0.39, 0.29) is 53.4 Å². The fraction of sp³-hybridized carbons (Fsp3) is 0.370. The van der Waals surface area contributed by atoms with E-state index >= 15 is 0 Å². The van der Waals surface area contributed by atoms with Crippen molar-refractivity contribution in [2.45, 2.75) is 39.2 Å². The summed E-state index contributed by atoms with van der Waals surface area (Å²) in [4.78, 5) is 46.1. The van der Waals surface area contributed by atoms with E-state index in [4.69, 9.17) is 24.7 Å². The Bertz CT molecular complexity index is 2860.